The Morgan fingerprint density at radius 2 is 1.79 bits per heavy atom. The number of anilines is 2. The minimum atomic E-state index is -0.0787. The van der Waals surface area contributed by atoms with Crippen molar-refractivity contribution in [1.82, 2.24) is 24.9 Å². The van der Waals surface area contributed by atoms with Crippen molar-refractivity contribution in [2.75, 3.05) is 23.7 Å². The number of nitrogens with zero attached hydrogens (tertiary/aromatic N) is 5. The number of aromatic nitrogens is 4. The number of likely N-dealkylation sites (tertiary alicyclic amines) is 1. The third kappa shape index (κ3) is 4.90. The van der Waals surface area contributed by atoms with Crippen molar-refractivity contribution in [3.05, 3.63) is 53.9 Å². The molecule has 2 aromatic heterocycles. The maximum Gasteiger partial charge on any atom is 0.221 e. The molecule has 2 aliphatic rings. The van der Waals surface area contributed by atoms with E-state index >= 15 is 0 Å². The van der Waals surface area contributed by atoms with Gasteiger partial charge in [0.25, 0.3) is 0 Å². The molecule has 8 nitrogen and oxygen atoms in total. The second-order valence-electron chi connectivity index (χ2n) is 9.49. The van der Waals surface area contributed by atoms with Gasteiger partial charge in [-0.05, 0) is 61.9 Å². The van der Waals surface area contributed by atoms with E-state index in [9.17, 15) is 4.79 Å². The Kier molecular flexibility index (Phi) is 5.85. The van der Waals surface area contributed by atoms with Crippen LogP contribution in [0.2, 0.25) is 0 Å². The molecule has 0 spiro atoms. The van der Waals surface area contributed by atoms with Gasteiger partial charge in [0.1, 0.15) is 5.82 Å². The molecule has 5 rings (SSSR count). The molecule has 3 atom stereocenters. The lowest BCUT2D eigenvalue weighted by atomic mass is 10.0. The first-order valence-corrected chi connectivity index (χ1v) is 11.6. The van der Waals surface area contributed by atoms with Crippen LogP contribution in [0.4, 0.5) is 11.5 Å². The van der Waals surface area contributed by atoms with Crippen LogP contribution in [0.5, 0.6) is 0 Å². The van der Waals surface area contributed by atoms with E-state index in [0.29, 0.717) is 6.04 Å². The molecule has 1 aliphatic heterocycles. The highest BCUT2D eigenvalue weighted by atomic mass is 16.1. The Hall–Kier alpha value is -3.26. The first-order valence-electron chi connectivity index (χ1n) is 11.6. The van der Waals surface area contributed by atoms with Crippen LogP contribution in [-0.4, -0.2) is 49.9 Å². The average Bonchev–Trinajstić information content (AvgIpc) is 3.42. The minimum absolute atomic E-state index is 0.0787. The molecule has 3 heterocycles. The van der Waals surface area contributed by atoms with Gasteiger partial charge in [-0.2, -0.15) is 5.10 Å². The van der Waals surface area contributed by atoms with E-state index in [-0.39, 0.29) is 5.91 Å². The fraction of sp³-hybridized carbons (Fsp3) is 0.440. The van der Waals surface area contributed by atoms with E-state index in [1.165, 1.54) is 31.2 Å². The largest absolute Gasteiger partial charge is 0.366 e. The zero-order valence-electron chi connectivity index (χ0n) is 19.5. The van der Waals surface area contributed by atoms with E-state index in [4.69, 9.17) is 0 Å². The summed E-state index contributed by atoms with van der Waals surface area (Å²) in [6, 6.07) is 14.3. The van der Waals surface area contributed by atoms with Gasteiger partial charge in [-0.3, -0.25) is 14.4 Å². The summed E-state index contributed by atoms with van der Waals surface area (Å²) in [6.07, 6.45) is 2.35. The quantitative estimate of drug-likeness (QED) is 0.604. The van der Waals surface area contributed by atoms with Crippen LogP contribution in [0.25, 0.3) is 11.3 Å². The summed E-state index contributed by atoms with van der Waals surface area (Å²) in [5.41, 5.74) is 4.95. The second-order valence-corrected chi connectivity index (χ2v) is 9.49. The molecular formula is C25H31N7O. The maximum atomic E-state index is 11.2. The Balaban J connectivity index is 1.13. The normalized spacial score (nSPS) is 22.3. The zero-order valence-corrected chi connectivity index (χ0v) is 19.5. The Morgan fingerprint density at radius 3 is 2.36 bits per heavy atom. The fourth-order valence-electron chi connectivity index (χ4n) is 5.29. The van der Waals surface area contributed by atoms with Gasteiger partial charge < -0.3 is 10.6 Å². The van der Waals surface area contributed by atoms with Gasteiger partial charge in [-0.15, -0.1) is 10.2 Å². The minimum Gasteiger partial charge on any atom is -0.366 e. The molecule has 3 aromatic rings. The molecule has 1 aromatic carbocycles. The molecule has 2 N–H and O–H groups in total. The third-order valence-electron chi connectivity index (χ3n) is 6.89. The first kappa shape index (κ1) is 21.6. The Labute approximate surface area is 194 Å². The standard InChI is InChI=1S/C25H31N7O/c1-16-10-23(30-31(16)3)15-32-13-19-11-22(12-20(19)14-32)27-25-9-8-24(28-29-25)18-4-6-21(7-5-18)26-17(2)33/h4-10,19-20,22H,11-15H2,1-3H3,(H,26,33)(H,27,29)/t19-,20?,22?/m1/s1. The maximum absolute atomic E-state index is 11.2. The van der Waals surface area contributed by atoms with E-state index in [1.54, 1.807) is 0 Å². The molecule has 33 heavy (non-hydrogen) atoms. The molecule has 2 fully saturated rings. The zero-order chi connectivity index (χ0) is 22.9. The lowest BCUT2D eigenvalue weighted by Crippen LogP contribution is -2.25. The first-order chi connectivity index (χ1) is 15.9. The molecule has 0 bridgehead atoms. The number of amides is 1. The summed E-state index contributed by atoms with van der Waals surface area (Å²) < 4.78 is 1.96. The lowest BCUT2D eigenvalue weighted by Gasteiger charge is -2.19. The van der Waals surface area contributed by atoms with Crippen LogP contribution in [0.3, 0.4) is 0 Å². The molecule has 1 amide bonds. The Morgan fingerprint density at radius 1 is 1.06 bits per heavy atom. The summed E-state index contributed by atoms with van der Waals surface area (Å²) >= 11 is 0. The van der Waals surface area contributed by atoms with Gasteiger partial charge in [0, 0.05) is 56.6 Å². The number of carbonyl (C=O) groups is 1. The molecular weight excluding hydrogens is 414 g/mol. The predicted octanol–water partition coefficient (Wildman–Crippen LogP) is 3.47. The van der Waals surface area contributed by atoms with Crippen molar-refractivity contribution in [1.29, 1.82) is 0 Å². The number of benzene rings is 1. The monoisotopic (exact) mass is 445 g/mol. The summed E-state index contributed by atoms with van der Waals surface area (Å²) in [5.74, 6) is 2.23. The predicted molar refractivity (Wildman–Crippen MR) is 129 cm³/mol. The topological polar surface area (TPSA) is 88.0 Å². The SMILES string of the molecule is CC(=O)Nc1ccc(-c2ccc(NC3CC4CN(Cc5cc(C)n(C)n5)C[C@H]4C3)nn2)cc1. The number of fused-ring (bicyclic) bond motifs is 1. The van der Waals surface area contributed by atoms with Crippen LogP contribution in [0, 0.1) is 18.8 Å². The molecule has 8 heteroatoms. The highest BCUT2D eigenvalue weighted by Crippen LogP contribution is 2.39. The van der Waals surface area contributed by atoms with Gasteiger partial charge >= 0.3 is 0 Å². The number of carbonyl (C=O) groups excluding carboxylic acids is 1. The van der Waals surface area contributed by atoms with Crippen LogP contribution in [0.1, 0.15) is 31.2 Å². The summed E-state index contributed by atoms with van der Waals surface area (Å²) in [4.78, 5) is 13.7. The van der Waals surface area contributed by atoms with Gasteiger partial charge in [0.05, 0.1) is 11.4 Å². The van der Waals surface area contributed by atoms with Crippen LogP contribution >= 0.6 is 0 Å². The lowest BCUT2D eigenvalue weighted by molar-refractivity contribution is -0.114. The number of nitrogens with one attached hydrogen (secondary N) is 2. The highest BCUT2D eigenvalue weighted by Gasteiger charge is 2.41. The van der Waals surface area contributed by atoms with Gasteiger partial charge in [-0.1, -0.05) is 12.1 Å². The van der Waals surface area contributed by atoms with Crippen molar-refractivity contribution in [2.45, 2.75) is 39.3 Å². The van der Waals surface area contributed by atoms with Gasteiger partial charge in [-0.25, -0.2) is 0 Å². The summed E-state index contributed by atoms with van der Waals surface area (Å²) in [7, 11) is 2.01. The van der Waals surface area contributed by atoms with E-state index in [0.717, 1.165) is 54.2 Å². The summed E-state index contributed by atoms with van der Waals surface area (Å²) in [5, 5.41) is 19.8. The molecule has 2 unspecified atom stereocenters. The second kappa shape index (κ2) is 8.94. The van der Waals surface area contributed by atoms with Crippen LogP contribution in [0.15, 0.2) is 42.5 Å². The van der Waals surface area contributed by atoms with Gasteiger partial charge in [0.15, 0.2) is 0 Å². The van der Waals surface area contributed by atoms with Crippen LogP contribution < -0.4 is 10.6 Å². The average molecular weight is 446 g/mol. The van der Waals surface area contributed by atoms with Crippen molar-refractivity contribution < 1.29 is 4.79 Å². The van der Waals surface area contributed by atoms with E-state index in [1.807, 2.05) is 48.1 Å². The van der Waals surface area contributed by atoms with E-state index in [2.05, 4.69) is 43.8 Å². The molecule has 172 valence electrons. The number of hydrogen-bond donors (Lipinski definition) is 2. The van der Waals surface area contributed by atoms with E-state index < -0.39 is 0 Å². The van der Waals surface area contributed by atoms with Crippen molar-refractivity contribution in [3.63, 3.8) is 0 Å². The fourth-order valence-corrected chi connectivity index (χ4v) is 5.29. The molecule has 1 saturated carbocycles. The van der Waals surface area contributed by atoms with Crippen molar-refractivity contribution in [2.24, 2.45) is 18.9 Å². The third-order valence-corrected chi connectivity index (χ3v) is 6.89. The van der Waals surface area contributed by atoms with Crippen molar-refractivity contribution in [3.8, 4) is 11.3 Å². The highest BCUT2D eigenvalue weighted by molar-refractivity contribution is 5.88. The Bertz CT molecular complexity index is 1090. The number of rotatable bonds is 6. The van der Waals surface area contributed by atoms with Crippen LogP contribution in [-0.2, 0) is 18.4 Å². The van der Waals surface area contributed by atoms with Gasteiger partial charge in [0.2, 0.25) is 5.91 Å². The number of aryl methyl sites for hydroxylation is 2. The van der Waals surface area contributed by atoms with Crippen molar-refractivity contribution >= 4 is 17.4 Å². The number of hydrogen-bond acceptors (Lipinski definition) is 6. The molecule has 1 aliphatic carbocycles. The molecule has 1 saturated heterocycles. The molecule has 0 radical (unpaired) electrons. The summed E-state index contributed by atoms with van der Waals surface area (Å²) in [6.45, 7) is 6.85. The smallest absolute Gasteiger partial charge is 0.221 e.